The molecule has 0 aromatic heterocycles. The van der Waals surface area contributed by atoms with Gasteiger partial charge in [-0.1, -0.05) is 15.9 Å². The molecule has 1 rings (SSSR count). The van der Waals surface area contributed by atoms with E-state index < -0.39 is 11.0 Å². The summed E-state index contributed by atoms with van der Waals surface area (Å²) >= 11 is 3.27. The molecule has 1 aromatic rings. The summed E-state index contributed by atoms with van der Waals surface area (Å²) in [6, 6.07) is 4.73. The van der Waals surface area contributed by atoms with E-state index in [1.165, 1.54) is 6.07 Å². The van der Waals surface area contributed by atoms with Crippen LogP contribution < -0.4 is 4.90 Å². The van der Waals surface area contributed by atoms with Gasteiger partial charge in [-0.05, 0) is 19.1 Å². The number of aliphatic hydroxyl groups is 1. The number of nitro groups is 1. The molecule has 1 unspecified atom stereocenters. The maximum Gasteiger partial charge on any atom is 0.292 e. The van der Waals surface area contributed by atoms with E-state index in [0.29, 0.717) is 12.2 Å². The van der Waals surface area contributed by atoms with Gasteiger partial charge in [0.1, 0.15) is 5.69 Å². The Morgan fingerprint density at radius 2 is 2.25 bits per heavy atom. The molecule has 16 heavy (non-hydrogen) atoms. The second-order valence-electron chi connectivity index (χ2n) is 3.62. The van der Waals surface area contributed by atoms with Crippen molar-refractivity contribution in [2.45, 2.75) is 13.0 Å². The van der Waals surface area contributed by atoms with Crippen LogP contribution in [-0.4, -0.2) is 29.7 Å². The van der Waals surface area contributed by atoms with Crippen molar-refractivity contribution in [3.8, 4) is 0 Å². The van der Waals surface area contributed by atoms with Crippen molar-refractivity contribution in [2.24, 2.45) is 0 Å². The first-order valence-electron chi connectivity index (χ1n) is 4.75. The van der Waals surface area contributed by atoms with E-state index in [-0.39, 0.29) is 5.69 Å². The van der Waals surface area contributed by atoms with Gasteiger partial charge in [-0.3, -0.25) is 10.1 Å². The first kappa shape index (κ1) is 12.9. The van der Waals surface area contributed by atoms with E-state index in [4.69, 9.17) is 0 Å². The van der Waals surface area contributed by atoms with Crippen LogP contribution in [0.15, 0.2) is 22.7 Å². The summed E-state index contributed by atoms with van der Waals surface area (Å²) in [5.41, 5.74) is 0.520. The van der Waals surface area contributed by atoms with Crippen LogP contribution in [0.1, 0.15) is 6.92 Å². The van der Waals surface area contributed by atoms with Crippen LogP contribution in [0.2, 0.25) is 0 Å². The van der Waals surface area contributed by atoms with Gasteiger partial charge in [0.2, 0.25) is 0 Å². The van der Waals surface area contributed by atoms with Crippen LogP contribution in [-0.2, 0) is 0 Å². The lowest BCUT2D eigenvalue weighted by Gasteiger charge is -2.20. The van der Waals surface area contributed by atoms with Crippen molar-refractivity contribution < 1.29 is 10.0 Å². The highest BCUT2D eigenvalue weighted by atomic mass is 79.9. The van der Waals surface area contributed by atoms with Crippen molar-refractivity contribution >= 4 is 27.3 Å². The summed E-state index contributed by atoms with van der Waals surface area (Å²) < 4.78 is 0.769. The molecule has 1 atom stereocenters. The van der Waals surface area contributed by atoms with E-state index in [0.717, 1.165) is 4.47 Å². The Hall–Kier alpha value is -1.14. The highest BCUT2D eigenvalue weighted by Crippen LogP contribution is 2.30. The monoisotopic (exact) mass is 288 g/mol. The summed E-state index contributed by atoms with van der Waals surface area (Å²) in [6.45, 7) is 1.98. The summed E-state index contributed by atoms with van der Waals surface area (Å²) in [5.74, 6) is 0. The smallest absolute Gasteiger partial charge is 0.292 e. The number of likely N-dealkylation sites (N-methyl/N-ethyl adjacent to an activating group) is 1. The van der Waals surface area contributed by atoms with Crippen LogP contribution in [0.25, 0.3) is 0 Å². The third-order valence-corrected chi connectivity index (χ3v) is 2.58. The molecule has 0 amide bonds. The zero-order chi connectivity index (χ0) is 12.3. The predicted octanol–water partition coefficient (Wildman–Crippen LogP) is 2.17. The fourth-order valence-electron chi connectivity index (χ4n) is 1.45. The van der Waals surface area contributed by atoms with Crippen molar-refractivity contribution in [2.75, 3.05) is 18.5 Å². The van der Waals surface area contributed by atoms with Crippen molar-refractivity contribution in [3.63, 3.8) is 0 Å². The number of hydrogen-bond donors (Lipinski definition) is 1. The number of nitro benzene ring substituents is 1. The maximum atomic E-state index is 10.8. The van der Waals surface area contributed by atoms with Crippen LogP contribution in [0, 0.1) is 10.1 Å². The number of nitrogens with zero attached hydrogens (tertiary/aromatic N) is 2. The SMILES string of the molecule is CC(O)CN(C)c1cc(Br)ccc1[N+](=O)[O-]. The molecule has 0 saturated carbocycles. The number of anilines is 1. The predicted molar refractivity (Wildman–Crippen MR) is 65.7 cm³/mol. The number of rotatable bonds is 4. The standard InChI is InChI=1S/C10H13BrN2O3/c1-7(14)6-12(2)10-5-8(11)3-4-9(10)13(15)16/h3-5,7,14H,6H2,1-2H3. The molecule has 0 spiro atoms. The van der Waals surface area contributed by atoms with Crippen LogP contribution in [0.4, 0.5) is 11.4 Å². The van der Waals surface area contributed by atoms with E-state index >= 15 is 0 Å². The minimum Gasteiger partial charge on any atom is -0.392 e. The van der Waals surface area contributed by atoms with Gasteiger partial charge >= 0.3 is 0 Å². The van der Waals surface area contributed by atoms with Gasteiger partial charge in [0, 0.05) is 24.1 Å². The van der Waals surface area contributed by atoms with E-state index in [1.54, 1.807) is 31.0 Å². The Morgan fingerprint density at radius 1 is 1.62 bits per heavy atom. The summed E-state index contributed by atoms with van der Waals surface area (Å²) in [6.07, 6.45) is -0.538. The van der Waals surface area contributed by atoms with Gasteiger partial charge in [-0.15, -0.1) is 0 Å². The fourth-order valence-corrected chi connectivity index (χ4v) is 1.80. The second-order valence-corrected chi connectivity index (χ2v) is 4.54. The molecule has 0 heterocycles. The van der Waals surface area contributed by atoms with Crippen molar-refractivity contribution in [3.05, 3.63) is 32.8 Å². The molecule has 0 radical (unpaired) electrons. The Labute approximate surface area is 102 Å². The normalized spacial score (nSPS) is 12.2. The van der Waals surface area contributed by atoms with Crippen molar-refractivity contribution in [1.29, 1.82) is 0 Å². The molecule has 0 bridgehead atoms. The molecule has 0 saturated heterocycles. The highest BCUT2D eigenvalue weighted by Gasteiger charge is 2.17. The maximum absolute atomic E-state index is 10.8. The molecule has 1 aromatic carbocycles. The summed E-state index contributed by atoms with van der Waals surface area (Å²) in [7, 11) is 1.71. The van der Waals surface area contributed by atoms with E-state index in [9.17, 15) is 15.2 Å². The molecular formula is C10H13BrN2O3. The molecule has 5 nitrogen and oxygen atoms in total. The molecular weight excluding hydrogens is 276 g/mol. The number of halogens is 1. The van der Waals surface area contributed by atoms with Gasteiger partial charge in [0.25, 0.3) is 5.69 Å². The molecule has 0 aliphatic carbocycles. The second kappa shape index (κ2) is 5.27. The number of benzene rings is 1. The van der Waals surface area contributed by atoms with E-state index in [2.05, 4.69) is 15.9 Å². The van der Waals surface area contributed by atoms with E-state index in [1.807, 2.05) is 0 Å². The van der Waals surface area contributed by atoms with Crippen LogP contribution in [0.5, 0.6) is 0 Å². The average molecular weight is 289 g/mol. The molecule has 0 aliphatic heterocycles. The van der Waals surface area contributed by atoms with Crippen molar-refractivity contribution in [1.82, 2.24) is 0 Å². The molecule has 1 N–H and O–H groups in total. The van der Waals surface area contributed by atoms with Crippen LogP contribution in [0.3, 0.4) is 0 Å². The third-order valence-electron chi connectivity index (χ3n) is 2.08. The molecule has 0 fully saturated rings. The molecule has 88 valence electrons. The Bertz CT molecular complexity index is 396. The summed E-state index contributed by atoms with van der Waals surface area (Å²) in [4.78, 5) is 12.1. The van der Waals surface area contributed by atoms with Crippen LogP contribution >= 0.6 is 15.9 Å². The first-order valence-corrected chi connectivity index (χ1v) is 5.54. The van der Waals surface area contributed by atoms with Gasteiger partial charge in [-0.2, -0.15) is 0 Å². The molecule has 0 aliphatic rings. The quantitative estimate of drug-likeness (QED) is 0.681. The van der Waals surface area contributed by atoms with Gasteiger partial charge < -0.3 is 10.0 Å². The Balaban J connectivity index is 3.09. The number of aliphatic hydroxyl groups excluding tert-OH is 1. The lowest BCUT2D eigenvalue weighted by atomic mass is 10.2. The zero-order valence-electron chi connectivity index (χ0n) is 9.05. The molecule has 6 heteroatoms. The Kier molecular flexibility index (Phi) is 4.26. The summed E-state index contributed by atoms with van der Waals surface area (Å²) in [5, 5.41) is 20.1. The minimum atomic E-state index is -0.538. The lowest BCUT2D eigenvalue weighted by Crippen LogP contribution is -2.27. The van der Waals surface area contributed by atoms with Gasteiger partial charge in [-0.25, -0.2) is 0 Å². The lowest BCUT2D eigenvalue weighted by molar-refractivity contribution is -0.384. The highest BCUT2D eigenvalue weighted by molar-refractivity contribution is 9.10. The first-order chi connectivity index (χ1) is 7.41. The largest absolute Gasteiger partial charge is 0.392 e. The fraction of sp³-hybridized carbons (Fsp3) is 0.400. The van der Waals surface area contributed by atoms with Gasteiger partial charge in [0.05, 0.1) is 11.0 Å². The Morgan fingerprint density at radius 3 is 2.75 bits per heavy atom. The van der Waals surface area contributed by atoms with Gasteiger partial charge in [0.15, 0.2) is 0 Å². The average Bonchev–Trinajstić information content (AvgIpc) is 2.15. The third kappa shape index (κ3) is 3.18. The minimum absolute atomic E-state index is 0.0337. The topological polar surface area (TPSA) is 66.6 Å². The zero-order valence-corrected chi connectivity index (χ0v) is 10.6. The number of hydrogen-bond acceptors (Lipinski definition) is 4.